The molecule has 6 nitrogen and oxygen atoms in total. The number of rotatable bonds is 3. The van der Waals surface area contributed by atoms with E-state index in [1.54, 1.807) is 18.5 Å². The fourth-order valence-corrected chi connectivity index (χ4v) is 3.96. The van der Waals surface area contributed by atoms with E-state index in [1.165, 1.54) is 7.11 Å². The lowest BCUT2D eigenvalue weighted by atomic mass is 9.73. The molecule has 0 unspecified atom stereocenters. The monoisotopic (exact) mass is 376 g/mol. The third-order valence-electron chi connectivity index (χ3n) is 5.23. The molecule has 0 bridgehead atoms. The maximum atomic E-state index is 13.2. The Labute approximate surface area is 162 Å². The molecular weight excluding hydrogens is 356 g/mol. The summed E-state index contributed by atoms with van der Waals surface area (Å²) in [6.45, 7) is 0. The molecule has 1 aliphatic carbocycles. The summed E-state index contributed by atoms with van der Waals surface area (Å²) in [5.41, 5.74) is 8.49. The van der Waals surface area contributed by atoms with Gasteiger partial charge < -0.3 is 15.2 Å². The molecule has 0 spiro atoms. The Morgan fingerprint density at radius 2 is 1.89 bits per heavy atom. The van der Waals surface area contributed by atoms with Gasteiger partial charge in [0.15, 0.2) is 5.78 Å². The molecule has 0 saturated heterocycles. The Balaban J connectivity index is 1.81. The van der Waals surface area contributed by atoms with Crippen LogP contribution >= 0.6 is 0 Å². The van der Waals surface area contributed by atoms with Crippen LogP contribution in [0.25, 0.3) is 0 Å². The topological polar surface area (TPSA) is 91.5 Å². The van der Waals surface area contributed by atoms with Gasteiger partial charge in [-0.05, 0) is 23.1 Å². The number of allylic oxidation sites excluding steroid dienone is 2. The number of ether oxygens (including phenoxy) is 2. The van der Waals surface area contributed by atoms with Crippen molar-refractivity contribution in [3.8, 4) is 0 Å². The van der Waals surface area contributed by atoms with Crippen LogP contribution in [0.2, 0.25) is 0 Å². The van der Waals surface area contributed by atoms with Crippen LogP contribution in [0.1, 0.15) is 35.8 Å². The Morgan fingerprint density at radius 1 is 1.14 bits per heavy atom. The third-order valence-corrected chi connectivity index (χ3v) is 5.23. The Morgan fingerprint density at radius 3 is 2.57 bits per heavy atom. The molecule has 0 radical (unpaired) electrons. The number of benzene rings is 1. The van der Waals surface area contributed by atoms with Crippen LogP contribution in [-0.4, -0.2) is 23.8 Å². The number of nitrogens with zero attached hydrogens (tertiary/aromatic N) is 1. The van der Waals surface area contributed by atoms with Gasteiger partial charge in [0.25, 0.3) is 0 Å². The van der Waals surface area contributed by atoms with E-state index in [9.17, 15) is 9.59 Å². The molecule has 142 valence electrons. The van der Waals surface area contributed by atoms with Crippen molar-refractivity contribution in [2.45, 2.75) is 24.7 Å². The predicted octanol–water partition coefficient (Wildman–Crippen LogP) is 2.94. The summed E-state index contributed by atoms with van der Waals surface area (Å²) < 4.78 is 10.7. The SMILES string of the molecule is COC(=O)C1=C(N)OC2=C(C(=O)C[C@@H](c3ccccc3)C2)[C@@H]1c1cccnc1. The number of hydrogen-bond acceptors (Lipinski definition) is 6. The van der Waals surface area contributed by atoms with E-state index in [2.05, 4.69) is 4.98 Å². The fourth-order valence-electron chi connectivity index (χ4n) is 3.96. The summed E-state index contributed by atoms with van der Waals surface area (Å²) in [6.07, 6.45) is 4.15. The lowest BCUT2D eigenvalue weighted by Gasteiger charge is -2.34. The van der Waals surface area contributed by atoms with Crippen molar-refractivity contribution in [1.29, 1.82) is 0 Å². The van der Waals surface area contributed by atoms with Gasteiger partial charge in [0.2, 0.25) is 5.88 Å². The second kappa shape index (κ2) is 7.31. The number of hydrogen-bond donors (Lipinski definition) is 1. The van der Waals surface area contributed by atoms with Gasteiger partial charge in [-0.15, -0.1) is 0 Å². The smallest absolute Gasteiger partial charge is 0.340 e. The summed E-state index contributed by atoms with van der Waals surface area (Å²) >= 11 is 0. The summed E-state index contributed by atoms with van der Waals surface area (Å²) in [6, 6.07) is 13.4. The summed E-state index contributed by atoms with van der Waals surface area (Å²) in [4.78, 5) is 29.8. The van der Waals surface area contributed by atoms with E-state index in [4.69, 9.17) is 15.2 Å². The van der Waals surface area contributed by atoms with Gasteiger partial charge in [-0.1, -0.05) is 36.4 Å². The molecule has 0 amide bonds. The molecule has 1 aromatic carbocycles. The van der Waals surface area contributed by atoms with E-state index in [-0.39, 0.29) is 23.2 Å². The first-order valence-electron chi connectivity index (χ1n) is 9.07. The zero-order valence-electron chi connectivity index (χ0n) is 15.4. The Hall–Kier alpha value is -3.41. The maximum absolute atomic E-state index is 13.2. The highest BCUT2D eigenvalue weighted by atomic mass is 16.5. The molecule has 4 rings (SSSR count). The number of methoxy groups -OCH3 is 1. The highest BCUT2D eigenvalue weighted by Gasteiger charge is 2.43. The standard InChI is InChI=1S/C22H20N2O4/c1-27-22(26)20-18(14-8-5-9-24-12-14)19-16(25)10-15(11-17(19)28-21(20)23)13-6-3-2-4-7-13/h2-9,12,15,18H,10-11,23H2,1H3/t15-,18+/m1/s1. The van der Waals surface area contributed by atoms with E-state index in [0.717, 1.165) is 5.56 Å². The molecule has 2 aromatic rings. The van der Waals surface area contributed by atoms with Gasteiger partial charge in [0.05, 0.1) is 13.0 Å². The van der Waals surface area contributed by atoms with Crippen LogP contribution in [0.5, 0.6) is 0 Å². The van der Waals surface area contributed by atoms with E-state index in [1.807, 2.05) is 36.4 Å². The second-order valence-electron chi connectivity index (χ2n) is 6.87. The quantitative estimate of drug-likeness (QED) is 0.828. The van der Waals surface area contributed by atoms with E-state index >= 15 is 0 Å². The van der Waals surface area contributed by atoms with Gasteiger partial charge in [-0.3, -0.25) is 9.78 Å². The van der Waals surface area contributed by atoms with Crippen LogP contribution < -0.4 is 5.73 Å². The molecule has 2 heterocycles. The molecule has 28 heavy (non-hydrogen) atoms. The average Bonchev–Trinajstić information content (AvgIpc) is 2.73. The van der Waals surface area contributed by atoms with Crippen LogP contribution in [0, 0.1) is 0 Å². The number of ketones is 1. The summed E-state index contributed by atoms with van der Waals surface area (Å²) in [5.74, 6) is -0.817. The van der Waals surface area contributed by atoms with E-state index < -0.39 is 11.9 Å². The first-order valence-corrected chi connectivity index (χ1v) is 9.07. The van der Waals surface area contributed by atoms with Crippen molar-refractivity contribution < 1.29 is 19.1 Å². The van der Waals surface area contributed by atoms with Crippen molar-refractivity contribution in [3.63, 3.8) is 0 Å². The van der Waals surface area contributed by atoms with Gasteiger partial charge in [0.1, 0.15) is 11.3 Å². The molecule has 6 heteroatoms. The average molecular weight is 376 g/mol. The van der Waals surface area contributed by atoms with E-state index in [0.29, 0.717) is 29.7 Å². The van der Waals surface area contributed by atoms with Crippen LogP contribution in [0.15, 0.2) is 77.6 Å². The molecule has 1 aliphatic heterocycles. The molecule has 2 atom stereocenters. The number of esters is 1. The van der Waals surface area contributed by atoms with Crippen LogP contribution in [0.3, 0.4) is 0 Å². The van der Waals surface area contributed by atoms with Crippen LogP contribution in [-0.2, 0) is 19.1 Å². The van der Waals surface area contributed by atoms with Gasteiger partial charge >= 0.3 is 5.97 Å². The van der Waals surface area contributed by atoms with Crippen molar-refractivity contribution in [2.24, 2.45) is 5.73 Å². The minimum Gasteiger partial charge on any atom is -0.465 e. The zero-order valence-corrected chi connectivity index (χ0v) is 15.4. The summed E-state index contributed by atoms with van der Waals surface area (Å²) in [5, 5.41) is 0. The number of carbonyl (C=O) groups is 2. The number of aromatic nitrogens is 1. The predicted molar refractivity (Wildman–Crippen MR) is 102 cm³/mol. The third kappa shape index (κ3) is 3.07. The summed E-state index contributed by atoms with van der Waals surface area (Å²) in [7, 11) is 1.28. The Kier molecular flexibility index (Phi) is 4.69. The largest absolute Gasteiger partial charge is 0.465 e. The second-order valence-corrected chi connectivity index (χ2v) is 6.87. The van der Waals surface area contributed by atoms with Crippen molar-refractivity contribution >= 4 is 11.8 Å². The minimum atomic E-state index is -0.644. The number of carbonyl (C=O) groups excluding carboxylic acids is 2. The fraction of sp³-hybridized carbons (Fsp3) is 0.227. The molecule has 1 aromatic heterocycles. The lowest BCUT2D eigenvalue weighted by molar-refractivity contribution is -0.136. The van der Waals surface area contributed by atoms with Crippen molar-refractivity contribution in [1.82, 2.24) is 4.98 Å². The number of Topliss-reactive ketones (excluding diaryl/α,β-unsaturated/α-hetero) is 1. The van der Waals surface area contributed by atoms with Crippen LogP contribution in [0.4, 0.5) is 0 Å². The van der Waals surface area contributed by atoms with Gasteiger partial charge in [-0.2, -0.15) is 0 Å². The lowest BCUT2D eigenvalue weighted by Crippen LogP contribution is -2.33. The molecular formula is C22H20N2O4. The minimum absolute atomic E-state index is 0.00877. The zero-order chi connectivity index (χ0) is 19.7. The number of pyridine rings is 1. The van der Waals surface area contributed by atoms with Crippen molar-refractivity contribution in [2.75, 3.05) is 7.11 Å². The molecule has 0 saturated carbocycles. The highest BCUT2D eigenvalue weighted by Crippen LogP contribution is 2.46. The maximum Gasteiger partial charge on any atom is 0.340 e. The number of nitrogens with two attached hydrogens (primary N) is 1. The van der Waals surface area contributed by atoms with Gasteiger partial charge in [0, 0.05) is 30.8 Å². The van der Waals surface area contributed by atoms with Crippen molar-refractivity contribution in [3.05, 3.63) is 88.8 Å². The highest BCUT2D eigenvalue weighted by molar-refractivity contribution is 6.03. The molecule has 0 fully saturated rings. The molecule has 2 aliphatic rings. The normalized spacial score (nSPS) is 21.8. The first-order chi connectivity index (χ1) is 13.6. The first kappa shape index (κ1) is 18.0. The molecule has 2 N–H and O–H groups in total. The Bertz CT molecular complexity index is 980. The van der Waals surface area contributed by atoms with Gasteiger partial charge in [-0.25, -0.2) is 4.79 Å².